The predicted octanol–water partition coefficient (Wildman–Crippen LogP) is 2.56. The van der Waals surface area contributed by atoms with E-state index in [0.717, 1.165) is 0 Å². The van der Waals surface area contributed by atoms with Gasteiger partial charge in [0.25, 0.3) is 0 Å². The molecule has 0 aliphatic carbocycles. The Hall–Kier alpha value is -0.248. The summed E-state index contributed by atoms with van der Waals surface area (Å²) in [6.45, 7) is 13.3. The maximum Gasteiger partial charge on any atom is 2.00 e. The van der Waals surface area contributed by atoms with E-state index in [1.807, 2.05) is 13.0 Å². The molecule has 0 atom stereocenters. The van der Waals surface area contributed by atoms with Gasteiger partial charge in [-0.2, -0.15) is 6.08 Å². The molecule has 0 amide bonds. The van der Waals surface area contributed by atoms with Crippen LogP contribution in [0.2, 0.25) is 0 Å². The molecule has 0 rings (SSSR count). The topological polar surface area (TPSA) is 0 Å². The van der Waals surface area contributed by atoms with Crippen molar-refractivity contribution in [1.29, 1.82) is 0 Å². The molecule has 0 radical (unpaired) electrons. The molecule has 0 aliphatic rings. The number of hydrogen-bond donors (Lipinski definition) is 0. The van der Waals surface area contributed by atoms with Crippen LogP contribution in [0.5, 0.6) is 0 Å². The summed E-state index contributed by atoms with van der Waals surface area (Å²) in [6, 6.07) is 0. The van der Waals surface area contributed by atoms with Crippen molar-refractivity contribution in [2.45, 2.75) is 6.92 Å². The normalized spacial score (nSPS) is 6.33. The molecular weight excluding hydrogens is 203 g/mol. The molecule has 9 heavy (non-hydrogen) atoms. The first-order chi connectivity index (χ1) is 3.83. The quantitative estimate of drug-likeness (QED) is 0.358. The standard InChI is InChI=1S/C5H7.C3H5.Pd/c1-3-5-4-2;1-3-2;/h1,3-5H,2H3;3H,1-2H2;/q2*-1;+2. The van der Waals surface area contributed by atoms with Gasteiger partial charge in [0.2, 0.25) is 0 Å². The molecule has 54 valence electrons. The van der Waals surface area contributed by atoms with Crippen LogP contribution in [0.25, 0.3) is 0 Å². The summed E-state index contributed by atoms with van der Waals surface area (Å²) in [4.78, 5) is 0. The Bertz CT molecular complexity index is 72.6. The fraction of sp³-hybridized carbons (Fsp3) is 0.125. The van der Waals surface area contributed by atoms with E-state index in [9.17, 15) is 0 Å². The van der Waals surface area contributed by atoms with Gasteiger partial charge in [0.05, 0.1) is 0 Å². The van der Waals surface area contributed by atoms with E-state index in [0.29, 0.717) is 0 Å². The summed E-state index contributed by atoms with van der Waals surface area (Å²) in [7, 11) is 0. The van der Waals surface area contributed by atoms with Crippen LogP contribution in [0.1, 0.15) is 6.92 Å². The second kappa shape index (κ2) is 25.1. The monoisotopic (exact) mass is 214 g/mol. The van der Waals surface area contributed by atoms with Crippen molar-refractivity contribution in [1.82, 2.24) is 0 Å². The van der Waals surface area contributed by atoms with Crippen molar-refractivity contribution in [3.05, 3.63) is 44.4 Å². The second-order valence-electron chi connectivity index (χ2n) is 1.01. The van der Waals surface area contributed by atoms with Crippen LogP contribution in [0.15, 0.2) is 30.9 Å². The van der Waals surface area contributed by atoms with Crippen LogP contribution in [0.3, 0.4) is 0 Å². The van der Waals surface area contributed by atoms with Gasteiger partial charge in [-0.3, -0.25) is 6.58 Å². The molecule has 0 aliphatic heterocycles. The van der Waals surface area contributed by atoms with Crippen molar-refractivity contribution >= 4 is 0 Å². The van der Waals surface area contributed by atoms with Gasteiger partial charge in [0.15, 0.2) is 0 Å². The van der Waals surface area contributed by atoms with Crippen LogP contribution in [0.4, 0.5) is 0 Å². The van der Waals surface area contributed by atoms with E-state index in [-0.39, 0.29) is 20.4 Å². The Balaban J connectivity index is -0.0000000800. The minimum Gasteiger partial charge on any atom is -0.293 e. The van der Waals surface area contributed by atoms with Gasteiger partial charge >= 0.3 is 20.4 Å². The molecule has 0 aromatic rings. The molecule has 0 unspecified atom stereocenters. The van der Waals surface area contributed by atoms with Gasteiger partial charge in [-0.15, -0.1) is 0 Å². The SMILES string of the molecule is C=C[CH2-].[CH-]=CC=CC.[Pd+2]. The van der Waals surface area contributed by atoms with Gasteiger partial charge in [-0.25, -0.2) is 31.7 Å². The average molecular weight is 215 g/mol. The molecule has 0 heterocycles. The average Bonchev–Trinajstić information content (AvgIpc) is 1.71. The molecule has 0 nitrogen and oxygen atoms in total. The van der Waals surface area contributed by atoms with Gasteiger partial charge in [0.1, 0.15) is 0 Å². The summed E-state index contributed by atoms with van der Waals surface area (Å²) < 4.78 is 0. The zero-order valence-electron chi connectivity index (χ0n) is 5.62. The Morgan fingerprint density at radius 1 is 1.56 bits per heavy atom. The molecule has 0 spiro atoms. The van der Waals surface area contributed by atoms with Crippen molar-refractivity contribution in [2.24, 2.45) is 0 Å². The number of hydrogen-bond acceptors (Lipinski definition) is 0. The summed E-state index contributed by atoms with van der Waals surface area (Å²) >= 11 is 0. The molecule has 0 aromatic carbocycles. The number of allylic oxidation sites excluding steroid dienone is 4. The first-order valence-electron chi connectivity index (χ1n) is 2.39. The summed E-state index contributed by atoms with van der Waals surface area (Å²) in [5.41, 5.74) is 0. The van der Waals surface area contributed by atoms with E-state index in [2.05, 4.69) is 13.5 Å². The number of rotatable bonds is 1. The van der Waals surface area contributed by atoms with Crippen LogP contribution < -0.4 is 0 Å². The van der Waals surface area contributed by atoms with Crippen molar-refractivity contribution in [3.63, 3.8) is 0 Å². The summed E-state index contributed by atoms with van der Waals surface area (Å²) in [5, 5.41) is 0. The second-order valence-corrected chi connectivity index (χ2v) is 1.01. The summed E-state index contributed by atoms with van der Waals surface area (Å²) in [5.74, 6) is 0. The minimum atomic E-state index is 0. The fourth-order valence-electron chi connectivity index (χ4n) is 0.111. The predicted molar refractivity (Wildman–Crippen MR) is 39.2 cm³/mol. The third-order valence-corrected chi connectivity index (χ3v) is 0.304. The third kappa shape index (κ3) is 83.5. The molecule has 0 saturated heterocycles. The van der Waals surface area contributed by atoms with Gasteiger partial charge in [-0.05, 0) is 0 Å². The van der Waals surface area contributed by atoms with E-state index >= 15 is 0 Å². The Morgan fingerprint density at radius 3 is 1.89 bits per heavy atom. The van der Waals surface area contributed by atoms with Gasteiger partial charge in [0, 0.05) is 0 Å². The fourth-order valence-corrected chi connectivity index (χ4v) is 0.111. The summed E-state index contributed by atoms with van der Waals surface area (Å²) in [6.07, 6.45) is 6.65. The smallest absolute Gasteiger partial charge is 0.293 e. The van der Waals surface area contributed by atoms with Crippen LogP contribution in [0, 0.1) is 13.5 Å². The molecule has 1 heteroatoms. The Kier molecular flexibility index (Phi) is 44.3. The van der Waals surface area contributed by atoms with Crippen molar-refractivity contribution in [2.75, 3.05) is 0 Å². The van der Waals surface area contributed by atoms with Crippen LogP contribution >= 0.6 is 0 Å². The van der Waals surface area contributed by atoms with E-state index < -0.39 is 0 Å². The molecule has 0 fully saturated rings. The van der Waals surface area contributed by atoms with Crippen molar-refractivity contribution in [3.8, 4) is 0 Å². The van der Waals surface area contributed by atoms with Crippen molar-refractivity contribution < 1.29 is 20.4 Å². The third-order valence-electron chi connectivity index (χ3n) is 0.304. The molecule has 0 bridgehead atoms. The van der Waals surface area contributed by atoms with E-state index in [4.69, 9.17) is 6.58 Å². The molecule has 0 saturated carbocycles. The zero-order chi connectivity index (χ0) is 6.83. The molecular formula is C8H12Pd. The Morgan fingerprint density at radius 2 is 1.89 bits per heavy atom. The van der Waals surface area contributed by atoms with Gasteiger partial charge < -0.3 is 0 Å². The molecule has 0 N–H and O–H groups in total. The zero-order valence-corrected chi connectivity index (χ0v) is 7.17. The van der Waals surface area contributed by atoms with Crippen LogP contribution in [-0.4, -0.2) is 0 Å². The van der Waals surface area contributed by atoms with Crippen LogP contribution in [-0.2, 0) is 20.4 Å². The maximum atomic E-state index is 4.93. The van der Waals surface area contributed by atoms with E-state index in [1.165, 1.54) is 12.2 Å². The Labute approximate surface area is 72.0 Å². The molecule has 0 aromatic heterocycles. The first kappa shape index (κ1) is 15.9. The van der Waals surface area contributed by atoms with E-state index in [1.54, 1.807) is 6.08 Å². The largest absolute Gasteiger partial charge is 2.00 e. The maximum absolute atomic E-state index is 4.93. The van der Waals surface area contributed by atoms with Gasteiger partial charge in [-0.1, -0.05) is 6.92 Å². The minimum absolute atomic E-state index is 0. The first-order valence-corrected chi connectivity index (χ1v) is 2.39.